The molecular weight excluding hydrogens is 388 g/mol. The van der Waals surface area contributed by atoms with Gasteiger partial charge >= 0.3 is 0 Å². The molecule has 0 fully saturated rings. The second-order valence-electron chi connectivity index (χ2n) is 7.43. The van der Waals surface area contributed by atoms with Gasteiger partial charge in [-0.25, -0.2) is 8.42 Å². The summed E-state index contributed by atoms with van der Waals surface area (Å²) in [5.41, 5.74) is 2.45. The zero-order valence-electron chi connectivity index (χ0n) is 17.1. The molecule has 0 radical (unpaired) electrons. The van der Waals surface area contributed by atoms with E-state index >= 15 is 0 Å². The van der Waals surface area contributed by atoms with Crippen LogP contribution in [0.1, 0.15) is 37.8 Å². The second kappa shape index (κ2) is 8.86. The fourth-order valence-electron chi connectivity index (χ4n) is 3.59. The molecule has 1 atom stereocenters. The summed E-state index contributed by atoms with van der Waals surface area (Å²) in [5.74, 6) is 0.319. The number of aryl methyl sites for hydroxylation is 1. The van der Waals surface area contributed by atoms with Gasteiger partial charge in [0.1, 0.15) is 5.75 Å². The van der Waals surface area contributed by atoms with Crippen LogP contribution in [0, 0.1) is 6.92 Å². The molecule has 1 aliphatic heterocycles. The second-order valence-corrected chi connectivity index (χ2v) is 9.29. The Morgan fingerprint density at radius 2 is 2.00 bits per heavy atom. The number of anilines is 1. The van der Waals surface area contributed by atoms with E-state index in [9.17, 15) is 13.2 Å². The number of carbonyl (C=O) groups excluding carboxylic acids is 1. The molecule has 1 aliphatic rings. The zero-order chi connectivity index (χ0) is 21.0. The van der Waals surface area contributed by atoms with Gasteiger partial charge in [-0.3, -0.25) is 9.10 Å². The lowest BCUT2D eigenvalue weighted by Gasteiger charge is -2.20. The molecule has 2 aromatic rings. The van der Waals surface area contributed by atoms with Crippen LogP contribution in [0.25, 0.3) is 0 Å². The van der Waals surface area contributed by atoms with Gasteiger partial charge < -0.3 is 10.1 Å². The van der Waals surface area contributed by atoms with Crippen LogP contribution in [0.2, 0.25) is 0 Å². The van der Waals surface area contributed by atoms with Gasteiger partial charge in [-0.05, 0) is 62.1 Å². The van der Waals surface area contributed by atoms with Crippen LogP contribution in [0.4, 0.5) is 5.69 Å². The Morgan fingerprint density at radius 3 is 2.72 bits per heavy atom. The number of hydrogen-bond acceptors (Lipinski definition) is 4. The van der Waals surface area contributed by atoms with Crippen molar-refractivity contribution in [2.75, 3.05) is 17.5 Å². The van der Waals surface area contributed by atoms with Gasteiger partial charge in [0.2, 0.25) is 0 Å². The van der Waals surface area contributed by atoms with Crippen LogP contribution in [0.15, 0.2) is 47.4 Å². The highest BCUT2D eigenvalue weighted by molar-refractivity contribution is 7.92. The van der Waals surface area contributed by atoms with Crippen molar-refractivity contribution in [3.8, 4) is 5.75 Å². The van der Waals surface area contributed by atoms with Crippen molar-refractivity contribution in [1.29, 1.82) is 0 Å². The molecule has 0 saturated heterocycles. The number of hydrogen-bond donors (Lipinski definition) is 1. The lowest BCUT2D eigenvalue weighted by atomic mass is 10.2. The summed E-state index contributed by atoms with van der Waals surface area (Å²) in [7, 11) is -3.65. The van der Waals surface area contributed by atoms with Crippen molar-refractivity contribution >= 4 is 21.6 Å². The monoisotopic (exact) mass is 416 g/mol. The van der Waals surface area contributed by atoms with Gasteiger partial charge in [0.15, 0.2) is 6.61 Å². The van der Waals surface area contributed by atoms with E-state index in [1.165, 1.54) is 10.4 Å². The van der Waals surface area contributed by atoms with Crippen LogP contribution in [-0.4, -0.2) is 33.5 Å². The van der Waals surface area contributed by atoms with Crippen molar-refractivity contribution in [1.82, 2.24) is 5.32 Å². The highest BCUT2D eigenvalue weighted by atomic mass is 32.2. The van der Waals surface area contributed by atoms with Gasteiger partial charge in [-0.1, -0.05) is 31.5 Å². The minimum Gasteiger partial charge on any atom is -0.484 e. The van der Waals surface area contributed by atoms with Gasteiger partial charge in [-0.15, -0.1) is 0 Å². The quantitative estimate of drug-likeness (QED) is 0.715. The van der Waals surface area contributed by atoms with E-state index in [2.05, 4.69) is 12.2 Å². The molecule has 1 heterocycles. The molecule has 0 bridgehead atoms. The Bertz CT molecular complexity index is 988. The zero-order valence-corrected chi connectivity index (χ0v) is 18.0. The molecule has 0 unspecified atom stereocenters. The normalized spacial score (nSPS) is 14.4. The summed E-state index contributed by atoms with van der Waals surface area (Å²) in [6.07, 6.45) is 2.62. The molecule has 2 aromatic carbocycles. The predicted octanol–water partition coefficient (Wildman–Crippen LogP) is 3.43. The first-order chi connectivity index (χ1) is 13.8. The van der Waals surface area contributed by atoms with Crippen molar-refractivity contribution < 1.29 is 17.9 Å². The van der Waals surface area contributed by atoms with E-state index < -0.39 is 10.0 Å². The Labute approximate surface area is 172 Å². The minimum atomic E-state index is -3.65. The first-order valence-corrected chi connectivity index (χ1v) is 11.4. The van der Waals surface area contributed by atoms with E-state index in [-0.39, 0.29) is 23.5 Å². The fraction of sp³-hybridized carbons (Fsp3) is 0.409. The van der Waals surface area contributed by atoms with Crippen molar-refractivity contribution in [2.45, 2.75) is 51.0 Å². The van der Waals surface area contributed by atoms with Crippen LogP contribution in [-0.2, 0) is 21.2 Å². The van der Waals surface area contributed by atoms with Crippen LogP contribution >= 0.6 is 0 Å². The molecule has 0 aliphatic carbocycles. The summed E-state index contributed by atoms with van der Waals surface area (Å²) in [5, 5.41) is 2.89. The lowest BCUT2D eigenvalue weighted by Crippen LogP contribution is -2.36. The third kappa shape index (κ3) is 4.72. The molecule has 1 N–H and O–H groups in total. The maximum Gasteiger partial charge on any atom is 0.264 e. The average Bonchev–Trinajstić information content (AvgIpc) is 3.12. The van der Waals surface area contributed by atoms with E-state index in [1.807, 2.05) is 31.2 Å². The SMILES string of the molecule is CCC[C@H](C)NC(=O)COc1ccc(S(=O)(=O)N2CCc3ccccc32)cc1C. The molecule has 156 valence electrons. The Kier molecular flexibility index (Phi) is 6.47. The lowest BCUT2D eigenvalue weighted by molar-refractivity contribution is -0.123. The smallest absolute Gasteiger partial charge is 0.264 e. The summed E-state index contributed by atoms with van der Waals surface area (Å²) in [4.78, 5) is 12.2. The predicted molar refractivity (Wildman–Crippen MR) is 114 cm³/mol. The number of fused-ring (bicyclic) bond motifs is 1. The van der Waals surface area contributed by atoms with Gasteiger partial charge in [-0.2, -0.15) is 0 Å². The molecular formula is C22H28N2O4S. The Morgan fingerprint density at radius 1 is 1.24 bits per heavy atom. The average molecular weight is 417 g/mol. The number of nitrogens with one attached hydrogen (secondary N) is 1. The van der Waals surface area contributed by atoms with Crippen molar-refractivity contribution in [3.63, 3.8) is 0 Å². The Balaban J connectivity index is 1.70. The number of nitrogens with zero attached hydrogens (tertiary/aromatic N) is 1. The maximum absolute atomic E-state index is 13.1. The van der Waals surface area contributed by atoms with Crippen LogP contribution in [0.3, 0.4) is 0 Å². The fourth-order valence-corrected chi connectivity index (χ4v) is 5.18. The van der Waals surface area contributed by atoms with Crippen molar-refractivity contribution in [2.24, 2.45) is 0 Å². The largest absolute Gasteiger partial charge is 0.484 e. The number of rotatable bonds is 8. The first kappa shape index (κ1) is 21.2. The number of ether oxygens (including phenoxy) is 1. The van der Waals surface area contributed by atoms with Crippen LogP contribution in [0.5, 0.6) is 5.75 Å². The third-order valence-electron chi connectivity index (χ3n) is 5.07. The maximum atomic E-state index is 13.1. The summed E-state index contributed by atoms with van der Waals surface area (Å²) in [6.45, 7) is 6.15. The van der Waals surface area contributed by atoms with Gasteiger partial charge in [0.25, 0.3) is 15.9 Å². The standard InChI is InChI=1S/C22H28N2O4S/c1-4-7-17(3)23-22(25)15-28-21-11-10-19(14-16(21)2)29(26,27)24-13-12-18-8-5-6-9-20(18)24/h5-6,8-11,14,17H,4,7,12-13,15H2,1-3H3,(H,23,25)/t17-/m0/s1. The molecule has 0 saturated carbocycles. The van der Waals surface area contributed by atoms with Gasteiger partial charge in [0, 0.05) is 12.6 Å². The third-order valence-corrected chi connectivity index (χ3v) is 6.88. The Hall–Kier alpha value is -2.54. The van der Waals surface area contributed by atoms with E-state index in [1.54, 1.807) is 19.1 Å². The van der Waals surface area contributed by atoms with Crippen molar-refractivity contribution in [3.05, 3.63) is 53.6 Å². The number of sulfonamides is 1. The molecule has 1 amide bonds. The van der Waals surface area contributed by atoms with E-state index in [0.717, 1.165) is 24.1 Å². The number of amides is 1. The number of benzene rings is 2. The highest BCUT2D eigenvalue weighted by Crippen LogP contribution is 2.33. The summed E-state index contributed by atoms with van der Waals surface area (Å²) in [6, 6.07) is 12.4. The summed E-state index contributed by atoms with van der Waals surface area (Å²) < 4.78 is 33.3. The van der Waals surface area contributed by atoms with E-state index in [0.29, 0.717) is 24.3 Å². The van der Waals surface area contributed by atoms with Crippen LogP contribution < -0.4 is 14.4 Å². The molecule has 0 spiro atoms. The number of carbonyl (C=O) groups is 1. The first-order valence-electron chi connectivity index (χ1n) is 9.96. The molecule has 7 heteroatoms. The molecule has 6 nitrogen and oxygen atoms in total. The minimum absolute atomic E-state index is 0.0967. The van der Waals surface area contributed by atoms with Gasteiger partial charge in [0.05, 0.1) is 10.6 Å². The molecule has 3 rings (SSSR count). The molecule has 29 heavy (non-hydrogen) atoms. The highest BCUT2D eigenvalue weighted by Gasteiger charge is 2.30. The molecule has 0 aromatic heterocycles. The van der Waals surface area contributed by atoms with E-state index in [4.69, 9.17) is 4.74 Å². The number of para-hydroxylation sites is 1. The summed E-state index contributed by atoms with van der Waals surface area (Å²) >= 11 is 0. The topological polar surface area (TPSA) is 75.7 Å².